The Morgan fingerprint density at radius 1 is 1.00 bits per heavy atom. The van der Waals surface area contributed by atoms with Gasteiger partial charge in [-0.1, -0.05) is 23.4 Å². The number of hydrogen-bond acceptors (Lipinski definition) is 5. The Kier molecular flexibility index (Phi) is 6.74. The van der Waals surface area contributed by atoms with Gasteiger partial charge in [-0.2, -0.15) is 4.98 Å². The Bertz CT molecular complexity index is 1320. The van der Waals surface area contributed by atoms with Crippen LogP contribution in [0.25, 0.3) is 22.8 Å². The second-order valence-corrected chi connectivity index (χ2v) is 7.80. The summed E-state index contributed by atoms with van der Waals surface area (Å²) in [4.78, 5) is 15.9. The highest BCUT2D eigenvalue weighted by Gasteiger charge is 2.20. The van der Waals surface area contributed by atoms with E-state index in [9.17, 15) is 23.1 Å². The molecule has 0 spiro atoms. The van der Waals surface area contributed by atoms with Crippen molar-refractivity contribution in [1.29, 1.82) is 0 Å². The minimum atomic E-state index is -1.11. The first kappa shape index (κ1) is 23.2. The third-order valence-electron chi connectivity index (χ3n) is 5.32. The number of carboxylic acids is 1. The van der Waals surface area contributed by atoms with Gasteiger partial charge >= 0.3 is 5.97 Å². The molecule has 34 heavy (non-hydrogen) atoms. The summed E-state index contributed by atoms with van der Waals surface area (Å²) in [6, 6.07) is 13.3. The first-order chi connectivity index (χ1) is 16.3. The highest BCUT2D eigenvalue weighted by atomic mass is 19.1. The van der Waals surface area contributed by atoms with Crippen LogP contribution in [0, 0.1) is 24.4 Å². The Morgan fingerprint density at radius 3 is 2.38 bits per heavy atom. The van der Waals surface area contributed by atoms with Crippen LogP contribution in [-0.2, 0) is 17.8 Å². The van der Waals surface area contributed by atoms with E-state index in [2.05, 4.69) is 15.5 Å². The number of carbonyl (C=O) groups is 1. The van der Waals surface area contributed by atoms with Crippen molar-refractivity contribution >= 4 is 5.97 Å². The molecule has 2 N–H and O–H groups in total. The molecule has 4 aromatic rings. The molecule has 1 heterocycles. The van der Waals surface area contributed by atoms with Gasteiger partial charge in [-0.25, -0.2) is 13.2 Å². The van der Waals surface area contributed by atoms with Crippen LogP contribution >= 0.6 is 0 Å². The molecule has 0 fully saturated rings. The number of aryl methyl sites for hydroxylation is 1. The van der Waals surface area contributed by atoms with Crippen LogP contribution in [0.5, 0.6) is 0 Å². The topological polar surface area (TPSA) is 88.3 Å². The van der Waals surface area contributed by atoms with Gasteiger partial charge in [-0.15, -0.1) is 0 Å². The van der Waals surface area contributed by atoms with Gasteiger partial charge in [0.2, 0.25) is 5.82 Å². The van der Waals surface area contributed by atoms with Gasteiger partial charge in [0.05, 0.1) is 5.56 Å². The van der Waals surface area contributed by atoms with E-state index in [1.807, 2.05) is 0 Å². The molecule has 1 atom stereocenters. The lowest BCUT2D eigenvalue weighted by Gasteiger charge is -2.15. The fourth-order valence-corrected chi connectivity index (χ4v) is 3.38. The maximum Gasteiger partial charge on any atom is 0.321 e. The first-order valence-electron chi connectivity index (χ1n) is 10.4. The monoisotopic (exact) mass is 467 g/mol. The predicted molar refractivity (Wildman–Crippen MR) is 118 cm³/mol. The van der Waals surface area contributed by atoms with E-state index in [-0.39, 0.29) is 36.1 Å². The lowest BCUT2D eigenvalue weighted by Crippen LogP contribution is -2.38. The minimum Gasteiger partial charge on any atom is -0.480 e. The minimum absolute atomic E-state index is 0.00789. The van der Waals surface area contributed by atoms with Gasteiger partial charge in [0.15, 0.2) is 0 Å². The Labute approximate surface area is 193 Å². The first-order valence-corrected chi connectivity index (χ1v) is 10.4. The Balaban J connectivity index is 1.46. The number of carboxylic acid groups (broad SMARTS) is 1. The van der Waals surface area contributed by atoms with Crippen LogP contribution in [-0.4, -0.2) is 27.3 Å². The average Bonchev–Trinajstić information content (AvgIpc) is 3.29. The number of hydrogen-bond donors (Lipinski definition) is 2. The Hall–Kier alpha value is -3.98. The van der Waals surface area contributed by atoms with Crippen LogP contribution in [0.4, 0.5) is 13.2 Å². The lowest BCUT2D eigenvalue weighted by molar-refractivity contribution is -0.139. The smallest absolute Gasteiger partial charge is 0.321 e. The summed E-state index contributed by atoms with van der Waals surface area (Å²) in [5.41, 5.74) is 2.11. The number of rotatable bonds is 8. The molecule has 174 valence electrons. The molecule has 3 aromatic carbocycles. The molecule has 0 aliphatic heterocycles. The third-order valence-corrected chi connectivity index (χ3v) is 5.32. The summed E-state index contributed by atoms with van der Waals surface area (Å²) in [5.74, 6) is -2.41. The van der Waals surface area contributed by atoms with E-state index >= 15 is 0 Å². The molecule has 0 aliphatic rings. The molecule has 1 aromatic heterocycles. The van der Waals surface area contributed by atoms with Crippen LogP contribution in [0.15, 0.2) is 65.2 Å². The van der Waals surface area contributed by atoms with Crippen molar-refractivity contribution in [2.24, 2.45) is 0 Å². The molecule has 0 radical (unpaired) electrons. The summed E-state index contributed by atoms with van der Waals surface area (Å²) in [6.07, 6.45) is 0.00789. The van der Waals surface area contributed by atoms with E-state index in [0.29, 0.717) is 22.3 Å². The Morgan fingerprint density at radius 2 is 1.71 bits per heavy atom. The molecule has 0 saturated carbocycles. The molecular formula is C25H20F3N3O3. The number of aromatic nitrogens is 2. The standard InChI is InChI=1S/C25H20F3N3O3/c1-14-2-3-16(11-20(14)27)13-29-22(25(32)33)12-15-4-9-19(21(28)10-15)23-30-24(34-31-23)17-5-7-18(26)8-6-17/h2-11,22,29H,12-13H2,1H3,(H,32,33). The van der Waals surface area contributed by atoms with Crippen LogP contribution in [0.3, 0.4) is 0 Å². The molecule has 6 nitrogen and oxygen atoms in total. The van der Waals surface area contributed by atoms with Crippen molar-refractivity contribution in [3.63, 3.8) is 0 Å². The van der Waals surface area contributed by atoms with E-state index < -0.39 is 23.6 Å². The summed E-state index contributed by atoms with van der Waals surface area (Å²) in [5, 5.41) is 16.2. The fourth-order valence-electron chi connectivity index (χ4n) is 3.38. The van der Waals surface area contributed by atoms with Crippen LogP contribution in [0.1, 0.15) is 16.7 Å². The van der Waals surface area contributed by atoms with E-state index in [1.165, 1.54) is 42.5 Å². The van der Waals surface area contributed by atoms with Gasteiger partial charge in [0, 0.05) is 12.1 Å². The van der Waals surface area contributed by atoms with Gasteiger partial charge < -0.3 is 14.9 Å². The largest absolute Gasteiger partial charge is 0.480 e. The number of aliphatic carboxylic acids is 1. The zero-order chi connectivity index (χ0) is 24.2. The van der Waals surface area contributed by atoms with Gasteiger partial charge in [0.25, 0.3) is 5.89 Å². The second kappa shape index (κ2) is 9.88. The average molecular weight is 467 g/mol. The number of nitrogens with one attached hydrogen (secondary N) is 1. The molecule has 4 rings (SSSR count). The van der Waals surface area contributed by atoms with Gasteiger partial charge in [0.1, 0.15) is 23.5 Å². The molecule has 0 amide bonds. The van der Waals surface area contributed by atoms with Crippen molar-refractivity contribution in [2.45, 2.75) is 25.9 Å². The molecule has 0 saturated heterocycles. The number of benzene rings is 3. The van der Waals surface area contributed by atoms with Crippen molar-refractivity contribution in [3.8, 4) is 22.8 Å². The van der Waals surface area contributed by atoms with Gasteiger partial charge in [-0.3, -0.25) is 4.79 Å². The summed E-state index contributed by atoms with van der Waals surface area (Å²) < 4.78 is 46.8. The number of nitrogens with zero attached hydrogens (tertiary/aromatic N) is 2. The van der Waals surface area contributed by atoms with Crippen molar-refractivity contribution < 1.29 is 27.6 Å². The highest BCUT2D eigenvalue weighted by Crippen LogP contribution is 2.25. The number of halogens is 3. The molecule has 0 aliphatic carbocycles. The molecule has 1 unspecified atom stereocenters. The van der Waals surface area contributed by atoms with Crippen molar-refractivity contribution in [2.75, 3.05) is 0 Å². The zero-order valence-electron chi connectivity index (χ0n) is 18.1. The summed E-state index contributed by atoms with van der Waals surface area (Å²) in [6.45, 7) is 1.78. The van der Waals surface area contributed by atoms with E-state index in [1.54, 1.807) is 25.1 Å². The third kappa shape index (κ3) is 5.32. The predicted octanol–water partition coefficient (Wildman–Crippen LogP) is 4.91. The van der Waals surface area contributed by atoms with Gasteiger partial charge in [-0.05, 0) is 72.5 Å². The van der Waals surface area contributed by atoms with Crippen LogP contribution in [0.2, 0.25) is 0 Å². The molecule has 9 heteroatoms. The normalized spacial score (nSPS) is 12.0. The van der Waals surface area contributed by atoms with Crippen LogP contribution < -0.4 is 5.32 Å². The van der Waals surface area contributed by atoms with Crippen molar-refractivity contribution in [1.82, 2.24) is 15.5 Å². The van der Waals surface area contributed by atoms with E-state index in [4.69, 9.17) is 4.52 Å². The summed E-state index contributed by atoms with van der Waals surface area (Å²) >= 11 is 0. The SMILES string of the molecule is Cc1ccc(CNC(Cc2ccc(-c3noc(-c4ccc(F)cc4)n3)c(F)c2)C(=O)O)cc1F. The second-order valence-electron chi connectivity index (χ2n) is 7.80. The maximum atomic E-state index is 14.8. The van der Waals surface area contributed by atoms with E-state index in [0.717, 1.165) is 0 Å². The molecular weight excluding hydrogens is 447 g/mol. The van der Waals surface area contributed by atoms with Crippen molar-refractivity contribution in [3.05, 3.63) is 94.8 Å². The lowest BCUT2D eigenvalue weighted by atomic mass is 10.0. The maximum absolute atomic E-state index is 14.8. The highest BCUT2D eigenvalue weighted by molar-refractivity contribution is 5.74. The molecule has 0 bridgehead atoms. The fraction of sp³-hybridized carbons (Fsp3) is 0.160. The zero-order valence-corrected chi connectivity index (χ0v) is 18.1. The quantitative estimate of drug-likeness (QED) is 0.383. The summed E-state index contributed by atoms with van der Waals surface area (Å²) in [7, 11) is 0.